The van der Waals surface area contributed by atoms with Gasteiger partial charge in [-0.05, 0) is 6.26 Å². The smallest absolute Gasteiger partial charge is 0.165 e. The number of rotatable bonds is 6. The topological polar surface area (TPSA) is 26.3 Å². The molecule has 0 radical (unpaired) electrons. The second kappa shape index (κ2) is 6.71. The first-order valence-corrected chi connectivity index (χ1v) is 6.61. The first-order valence-electron chi connectivity index (χ1n) is 5.33. The highest BCUT2D eigenvalue weighted by molar-refractivity contribution is 7.99. The van der Waals surface area contributed by atoms with Crippen LogP contribution >= 0.6 is 11.8 Å². The summed E-state index contributed by atoms with van der Waals surface area (Å²) in [5.74, 6) is 0.147. The van der Waals surface area contributed by atoms with E-state index in [9.17, 15) is 4.79 Å². The molecule has 1 aromatic carbocycles. The minimum Gasteiger partial charge on any atom is -0.380 e. The van der Waals surface area contributed by atoms with Crippen LogP contribution in [0.4, 0.5) is 0 Å². The number of carbonyl (C=O) groups excluding carboxylic acids is 1. The normalized spacial score (nSPS) is 14.4. The van der Waals surface area contributed by atoms with Crippen molar-refractivity contribution in [2.75, 3.05) is 13.4 Å². The zero-order valence-electron chi connectivity index (χ0n) is 9.97. The van der Waals surface area contributed by atoms with Crippen molar-refractivity contribution in [1.29, 1.82) is 0 Å². The van der Waals surface area contributed by atoms with Crippen LogP contribution in [0.25, 0.3) is 0 Å². The standard InChI is InChI=1S/C13H18O2S/c1-10(16-3)13(15-2)9-12(14)11-7-5-4-6-8-11/h4-8,10,13H,9H2,1-3H3/t10-,13-/m1/s1. The van der Waals surface area contributed by atoms with Gasteiger partial charge < -0.3 is 4.74 Å². The molecule has 0 aliphatic heterocycles. The van der Waals surface area contributed by atoms with E-state index in [1.54, 1.807) is 18.9 Å². The van der Waals surface area contributed by atoms with E-state index in [1.807, 2.05) is 36.6 Å². The maximum absolute atomic E-state index is 11.9. The van der Waals surface area contributed by atoms with E-state index in [1.165, 1.54) is 0 Å². The first kappa shape index (κ1) is 13.3. The Morgan fingerprint density at radius 2 is 2.00 bits per heavy atom. The van der Waals surface area contributed by atoms with Crippen LogP contribution in [0, 0.1) is 0 Å². The molecule has 0 bridgehead atoms. The fourth-order valence-electron chi connectivity index (χ4n) is 1.52. The highest BCUT2D eigenvalue weighted by Crippen LogP contribution is 2.18. The number of Topliss-reactive ketones (excluding diaryl/α,β-unsaturated/α-hetero) is 1. The summed E-state index contributed by atoms with van der Waals surface area (Å²) in [6.07, 6.45) is 2.47. The second-order valence-electron chi connectivity index (χ2n) is 3.71. The van der Waals surface area contributed by atoms with Crippen molar-refractivity contribution in [1.82, 2.24) is 0 Å². The molecule has 0 saturated heterocycles. The lowest BCUT2D eigenvalue weighted by molar-refractivity contribution is 0.0738. The van der Waals surface area contributed by atoms with E-state index in [-0.39, 0.29) is 11.9 Å². The van der Waals surface area contributed by atoms with Gasteiger partial charge in [-0.2, -0.15) is 11.8 Å². The third-order valence-electron chi connectivity index (χ3n) is 2.68. The van der Waals surface area contributed by atoms with Crippen LogP contribution < -0.4 is 0 Å². The molecule has 0 unspecified atom stereocenters. The molecule has 2 atom stereocenters. The van der Waals surface area contributed by atoms with Gasteiger partial charge in [-0.15, -0.1) is 0 Å². The van der Waals surface area contributed by atoms with Gasteiger partial charge in [0.15, 0.2) is 5.78 Å². The summed E-state index contributed by atoms with van der Waals surface area (Å²) in [5, 5.41) is 0.331. The van der Waals surface area contributed by atoms with Gasteiger partial charge in [0.25, 0.3) is 0 Å². The highest BCUT2D eigenvalue weighted by Gasteiger charge is 2.20. The van der Waals surface area contributed by atoms with E-state index in [4.69, 9.17) is 4.74 Å². The molecular weight excluding hydrogens is 220 g/mol. The van der Waals surface area contributed by atoms with Gasteiger partial charge in [-0.1, -0.05) is 37.3 Å². The fraction of sp³-hybridized carbons (Fsp3) is 0.462. The zero-order valence-corrected chi connectivity index (χ0v) is 10.8. The average Bonchev–Trinajstić information content (AvgIpc) is 2.35. The van der Waals surface area contributed by atoms with Crippen LogP contribution in [-0.2, 0) is 4.74 Å². The monoisotopic (exact) mass is 238 g/mol. The van der Waals surface area contributed by atoms with E-state index in [0.717, 1.165) is 5.56 Å². The Balaban J connectivity index is 2.63. The molecule has 0 N–H and O–H groups in total. The lowest BCUT2D eigenvalue weighted by atomic mass is 10.0. The maximum Gasteiger partial charge on any atom is 0.165 e. The van der Waals surface area contributed by atoms with E-state index < -0.39 is 0 Å². The summed E-state index contributed by atoms with van der Waals surface area (Å²) < 4.78 is 5.35. The van der Waals surface area contributed by atoms with Crippen molar-refractivity contribution in [3.05, 3.63) is 35.9 Å². The van der Waals surface area contributed by atoms with Gasteiger partial charge >= 0.3 is 0 Å². The van der Waals surface area contributed by atoms with Crippen LogP contribution in [0.2, 0.25) is 0 Å². The molecule has 0 aliphatic carbocycles. The van der Waals surface area contributed by atoms with Crippen LogP contribution in [-0.4, -0.2) is 30.5 Å². The molecule has 0 amide bonds. The lowest BCUT2D eigenvalue weighted by Crippen LogP contribution is -2.25. The Hall–Kier alpha value is -0.800. The molecular formula is C13H18O2S. The van der Waals surface area contributed by atoms with Crippen molar-refractivity contribution < 1.29 is 9.53 Å². The molecule has 2 nitrogen and oxygen atoms in total. The number of methoxy groups -OCH3 is 1. The highest BCUT2D eigenvalue weighted by atomic mass is 32.2. The van der Waals surface area contributed by atoms with E-state index in [2.05, 4.69) is 6.92 Å². The van der Waals surface area contributed by atoms with E-state index in [0.29, 0.717) is 11.7 Å². The molecule has 1 aromatic rings. The number of hydrogen-bond acceptors (Lipinski definition) is 3. The number of carbonyl (C=O) groups is 1. The first-order chi connectivity index (χ1) is 7.69. The van der Waals surface area contributed by atoms with Gasteiger partial charge in [0.1, 0.15) is 0 Å². The number of hydrogen-bond donors (Lipinski definition) is 0. The minimum absolute atomic E-state index is 0.0114. The summed E-state index contributed by atoms with van der Waals surface area (Å²) in [5.41, 5.74) is 0.762. The van der Waals surface area contributed by atoms with Gasteiger partial charge in [0, 0.05) is 24.3 Å². The SMILES string of the molecule is CO[C@H](CC(=O)c1ccccc1)[C@@H](C)SC. The van der Waals surface area contributed by atoms with Crippen LogP contribution in [0.15, 0.2) is 30.3 Å². The van der Waals surface area contributed by atoms with Crippen LogP contribution in [0.5, 0.6) is 0 Å². The van der Waals surface area contributed by atoms with Crippen molar-refractivity contribution >= 4 is 17.5 Å². The Bertz CT molecular complexity index is 324. The van der Waals surface area contributed by atoms with Gasteiger partial charge in [-0.3, -0.25) is 4.79 Å². The molecule has 0 saturated carbocycles. The second-order valence-corrected chi connectivity index (χ2v) is 4.92. The van der Waals surface area contributed by atoms with Crippen molar-refractivity contribution in [2.24, 2.45) is 0 Å². The Morgan fingerprint density at radius 3 is 2.50 bits per heavy atom. The van der Waals surface area contributed by atoms with Crippen LogP contribution in [0.1, 0.15) is 23.7 Å². The Morgan fingerprint density at radius 1 is 1.38 bits per heavy atom. The minimum atomic E-state index is -0.0114. The molecule has 0 heterocycles. The van der Waals surface area contributed by atoms with Gasteiger partial charge in [0.2, 0.25) is 0 Å². The largest absolute Gasteiger partial charge is 0.380 e. The van der Waals surface area contributed by atoms with Crippen molar-refractivity contribution in [2.45, 2.75) is 24.7 Å². The molecule has 3 heteroatoms. The van der Waals surface area contributed by atoms with E-state index >= 15 is 0 Å². The lowest BCUT2D eigenvalue weighted by Gasteiger charge is -2.20. The summed E-state index contributed by atoms with van der Waals surface area (Å²) in [6, 6.07) is 9.37. The third-order valence-corrected chi connectivity index (χ3v) is 3.73. The number of ketones is 1. The predicted octanol–water partition coefficient (Wildman–Crippen LogP) is 3.03. The summed E-state index contributed by atoms with van der Waals surface area (Å²) in [7, 11) is 1.66. The molecule has 88 valence electrons. The Kier molecular flexibility index (Phi) is 5.56. The maximum atomic E-state index is 11.9. The molecule has 0 spiro atoms. The average molecular weight is 238 g/mol. The zero-order chi connectivity index (χ0) is 12.0. The number of ether oxygens (including phenoxy) is 1. The third kappa shape index (κ3) is 3.65. The van der Waals surface area contributed by atoms with Crippen molar-refractivity contribution in [3.8, 4) is 0 Å². The summed E-state index contributed by atoms with van der Waals surface area (Å²) in [6.45, 7) is 2.08. The van der Waals surface area contributed by atoms with Crippen molar-refractivity contribution in [3.63, 3.8) is 0 Å². The molecule has 0 aliphatic rings. The summed E-state index contributed by atoms with van der Waals surface area (Å²) in [4.78, 5) is 11.9. The van der Waals surface area contributed by atoms with Gasteiger partial charge in [0.05, 0.1) is 6.10 Å². The molecule has 1 rings (SSSR count). The molecule has 0 aromatic heterocycles. The van der Waals surface area contributed by atoms with Gasteiger partial charge in [-0.25, -0.2) is 0 Å². The van der Waals surface area contributed by atoms with Crippen LogP contribution in [0.3, 0.4) is 0 Å². The number of benzene rings is 1. The molecule has 16 heavy (non-hydrogen) atoms. The number of thioether (sulfide) groups is 1. The Labute approximate surface area is 101 Å². The fourth-order valence-corrected chi connectivity index (χ4v) is 2.03. The molecule has 0 fully saturated rings. The quantitative estimate of drug-likeness (QED) is 0.713. The summed E-state index contributed by atoms with van der Waals surface area (Å²) >= 11 is 1.72. The predicted molar refractivity (Wildman–Crippen MR) is 69.2 cm³/mol.